The molecule has 0 saturated carbocycles. The summed E-state index contributed by atoms with van der Waals surface area (Å²) in [4.78, 5) is 12.5. The molecule has 0 radical (unpaired) electrons. The molecule has 4 rings (SSSR count). The summed E-state index contributed by atoms with van der Waals surface area (Å²) >= 11 is 0. The molecule has 0 amide bonds. The summed E-state index contributed by atoms with van der Waals surface area (Å²) < 4.78 is 0. The molecule has 4 heteroatoms. The predicted octanol–water partition coefficient (Wildman–Crippen LogP) is 4.12. The van der Waals surface area contributed by atoms with Gasteiger partial charge in [-0.15, -0.1) is 0 Å². The molecule has 0 spiro atoms. The Morgan fingerprint density at radius 1 is 1.07 bits per heavy atom. The van der Waals surface area contributed by atoms with Crippen LogP contribution in [0.1, 0.15) is 25.8 Å². The van der Waals surface area contributed by atoms with E-state index >= 15 is 0 Å². The molecular weight excluding hydrogens is 360 g/mol. The molecule has 2 atom stereocenters. The van der Waals surface area contributed by atoms with Crippen LogP contribution >= 0.6 is 0 Å². The van der Waals surface area contributed by atoms with Crippen molar-refractivity contribution in [3.63, 3.8) is 0 Å². The molecule has 3 aromatic carbocycles. The van der Waals surface area contributed by atoms with Crippen molar-refractivity contribution < 1.29 is 14.8 Å². The molecule has 0 bridgehead atoms. The molecule has 0 aromatic heterocycles. The monoisotopic (exact) mass is 387 g/mol. The Morgan fingerprint density at radius 3 is 2.55 bits per heavy atom. The molecule has 2 unspecified atom stereocenters. The highest BCUT2D eigenvalue weighted by molar-refractivity contribution is 5.90. The van der Waals surface area contributed by atoms with Crippen LogP contribution in [0.25, 0.3) is 10.8 Å². The van der Waals surface area contributed by atoms with Crippen molar-refractivity contribution in [2.24, 2.45) is 0 Å². The first-order valence-electron chi connectivity index (χ1n) is 10.1. The number of fused-ring (bicyclic) bond motifs is 3. The smallest absolute Gasteiger partial charge is 0.309 e. The molecule has 4 nitrogen and oxygen atoms in total. The maximum absolute atomic E-state index is 11.3. The SMILES string of the molecule is CC1(C)c2c(ccc3ccccc23)[NH+](CCC(=O)O)C1/C=C/Nc1ccccc1. The highest BCUT2D eigenvalue weighted by atomic mass is 16.4. The van der Waals surface area contributed by atoms with Gasteiger partial charge in [0.05, 0.1) is 18.4 Å². The first-order valence-corrected chi connectivity index (χ1v) is 10.1. The Bertz CT molecular complexity index is 1060. The van der Waals surface area contributed by atoms with Gasteiger partial charge < -0.3 is 10.4 Å². The van der Waals surface area contributed by atoms with Crippen LogP contribution in [0.15, 0.2) is 79.0 Å². The molecule has 0 saturated heterocycles. The van der Waals surface area contributed by atoms with Gasteiger partial charge in [-0.05, 0) is 48.9 Å². The summed E-state index contributed by atoms with van der Waals surface area (Å²) in [6.07, 6.45) is 4.34. The minimum atomic E-state index is -0.755. The fourth-order valence-corrected chi connectivity index (χ4v) is 4.66. The van der Waals surface area contributed by atoms with Gasteiger partial charge in [0, 0.05) is 23.5 Å². The van der Waals surface area contributed by atoms with E-state index in [-0.39, 0.29) is 17.9 Å². The van der Waals surface area contributed by atoms with E-state index in [2.05, 4.69) is 61.6 Å². The van der Waals surface area contributed by atoms with E-state index in [0.717, 1.165) is 5.69 Å². The van der Waals surface area contributed by atoms with Crippen molar-refractivity contribution in [2.75, 3.05) is 11.9 Å². The number of nitrogens with one attached hydrogen (secondary N) is 2. The third-order valence-corrected chi connectivity index (χ3v) is 5.99. The summed E-state index contributed by atoms with van der Waals surface area (Å²) in [6, 6.07) is 23.0. The maximum Gasteiger partial charge on any atom is 0.309 e. The van der Waals surface area contributed by atoms with E-state index in [1.54, 1.807) is 0 Å². The fraction of sp³-hybridized carbons (Fsp3) is 0.240. The number of anilines is 1. The van der Waals surface area contributed by atoms with Gasteiger partial charge >= 0.3 is 5.97 Å². The van der Waals surface area contributed by atoms with Gasteiger partial charge in [-0.2, -0.15) is 0 Å². The van der Waals surface area contributed by atoms with Crippen LogP contribution in [0, 0.1) is 0 Å². The summed E-state index contributed by atoms with van der Waals surface area (Å²) in [6.45, 7) is 5.09. The van der Waals surface area contributed by atoms with Crippen molar-refractivity contribution in [1.29, 1.82) is 0 Å². The van der Waals surface area contributed by atoms with Crippen LogP contribution in [0.3, 0.4) is 0 Å². The minimum Gasteiger partial charge on any atom is -0.481 e. The molecule has 29 heavy (non-hydrogen) atoms. The lowest BCUT2D eigenvalue weighted by molar-refractivity contribution is -0.849. The lowest BCUT2D eigenvalue weighted by atomic mass is 9.78. The van der Waals surface area contributed by atoms with Crippen molar-refractivity contribution in [1.82, 2.24) is 0 Å². The van der Waals surface area contributed by atoms with Crippen molar-refractivity contribution in [3.05, 3.63) is 84.6 Å². The van der Waals surface area contributed by atoms with Crippen LogP contribution in [0.2, 0.25) is 0 Å². The van der Waals surface area contributed by atoms with E-state index in [1.165, 1.54) is 26.9 Å². The molecular formula is C25H27N2O2+. The van der Waals surface area contributed by atoms with E-state index in [9.17, 15) is 9.90 Å². The third kappa shape index (κ3) is 3.64. The van der Waals surface area contributed by atoms with Crippen LogP contribution in [-0.2, 0) is 10.2 Å². The number of hydrogen-bond acceptors (Lipinski definition) is 2. The predicted molar refractivity (Wildman–Crippen MR) is 118 cm³/mol. The molecule has 0 fully saturated rings. The number of carbonyl (C=O) groups is 1. The first kappa shape index (κ1) is 19.2. The van der Waals surface area contributed by atoms with E-state index in [4.69, 9.17) is 0 Å². The topological polar surface area (TPSA) is 53.8 Å². The van der Waals surface area contributed by atoms with E-state index in [1.807, 2.05) is 36.5 Å². The molecule has 148 valence electrons. The van der Waals surface area contributed by atoms with Gasteiger partial charge in [0.15, 0.2) is 0 Å². The van der Waals surface area contributed by atoms with Gasteiger partial charge in [-0.1, -0.05) is 42.5 Å². The van der Waals surface area contributed by atoms with Gasteiger partial charge in [0.2, 0.25) is 0 Å². The largest absolute Gasteiger partial charge is 0.481 e. The number of para-hydroxylation sites is 1. The Kier molecular flexibility index (Phi) is 5.12. The molecule has 1 heterocycles. The summed E-state index contributed by atoms with van der Waals surface area (Å²) in [7, 11) is 0. The number of aliphatic carboxylic acids is 1. The van der Waals surface area contributed by atoms with Crippen molar-refractivity contribution in [2.45, 2.75) is 31.7 Å². The minimum absolute atomic E-state index is 0.126. The number of hydrogen-bond donors (Lipinski definition) is 3. The van der Waals surface area contributed by atoms with Crippen LogP contribution in [0.4, 0.5) is 11.4 Å². The summed E-state index contributed by atoms with van der Waals surface area (Å²) in [5, 5.41) is 15.1. The zero-order valence-electron chi connectivity index (χ0n) is 16.9. The second kappa shape index (κ2) is 7.72. The van der Waals surface area contributed by atoms with E-state index in [0.29, 0.717) is 6.54 Å². The third-order valence-electron chi connectivity index (χ3n) is 5.99. The molecule has 3 aromatic rings. The normalized spacial score (nSPS) is 20.1. The number of carboxylic acids is 1. The first-order chi connectivity index (χ1) is 14.0. The maximum atomic E-state index is 11.3. The quantitative estimate of drug-likeness (QED) is 0.596. The highest BCUT2D eigenvalue weighted by Gasteiger charge is 2.48. The molecule has 1 aliphatic rings. The molecule has 1 aliphatic heterocycles. The van der Waals surface area contributed by atoms with Gasteiger partial charge in [0.25, 0.3) is 0 Å². The average Bonchev–Trinajstić information content (AvgIpc) is 2.94. The number of carboxylic acid groups (broad SMARTS) is 1. The number of benzene rings is 3. The van der Waals surface area contributed by atoms with Crippen molar-refractivity contribution in [3.8, 4) is 0 Å². The van der Waals surface area contributed by atoms with Gasteiger partial charge in [-0.25, -0.2) is 0 Å². The number of rotatable bonds is 6. The van der Waals surface area contributed by atoms with Gasteiger partial charge in [-0.3, -0.25) is 9.69 Å². The lowest BCUT2D eigenvalue weighted by Crippen LogP contribution is -3.10. The zero-order chi connectivity index (χ0) is 20.4. The Hall–Kier alpha value is -3.11. The molecule has 3 N–H and O–H groups in total. The van der Waals surface area contributed by atoms with Crippen LogP contribution < -0.4 is 10.2 Å². The molecule has 0 aliphatic carbocycles. The standard InChI is InChI=1S/C25H26N2O2/c1-25(2)22(14-16-26-19-9-4-3-5-10-19)27(17-15-23(28)29)21-13-12-18-8-6-7-11-20(18)24(21)25/h3-14,16,22,26H,15,17H2,1-2H3,(H,28,29)/p+1/b16-14+. The van der Waals surface area contributed by atoms with Crippen LogP contribution in [-0.4, -0.2) is 23.7 Å². The summed E-state index contributed by atoms with van der Waals surface area (Å²) in [5.41, 5.74) is 3.45. The van der Waals surface area contributed by atoms with E-state index < -0.39 is 5.97 Å². The highest BCUT2D eigenvalue weighted by Crippen LogP contribution is 2.41. The second-order valence-corrected chi connectivity index (χ2v) is 8.20. The van der Waals surface area contributed by atoms with Crippen LogP contribution in [0.5, 0.6) is 0 Å². The lowest BCUT2D eigenvalue weighted by Gasteiger charge is -2.27. The van der Waals surface area contributed by atoms with Crippen molar-refractivity contribution >= 4 is 28.1 Å². The Morgan fingerprint density at radius 2 is 1.79 bits per heavy atom. The summed E-state index contributed by atoms with van der Waals surface area (Å²) in [5.74, 6) is -0.755. The Balaban J connectivity index is 1.73. The van der Waals surface area contributed by atoms with Gasteiger partial charge in [0.1, 0.15) is 11.7 Å². The zero-order valence-corrected chi connectivity index (χ0v) is 16.9. The second-order valence-electron chi connectivity index (χ2n) is 8.20. The average molecular weight is 388 g/mol. The Labute approximate surface area is 171 Å². The fourth-order valence-electron chi connectivity index (χ4n) is 4.66. The number of quaternary nitrogens is 1.